The first-order valence-electron chi connectivity index (χ1n) is 2.62. The zero-order valence-corrected chi connectivity index (χ0v) is 6.75. The van der Waals surface area contributed by atoms with E-state index in [4.69, 9.17) is 5.73 Å². The van der Waals surface area contributed by atoms with Crippen molar-refractivity contribution in [2.24, 2.45) is 0 Å². The van der Waals surface area contributed by atoms with Crippen molar-refractivity contribution in [3.8, 4) is 0 Å². The minimum atomic E-state index is -1.36. The van der Waals surface area contributed by atoms with E-state index in [0.717, 1.165) is 0 Å². The molecule has 0 atom stereocenters. The molecule has 1 aromatic carbocycles. The van der Waals surface area contributed by atoms with E-state index in [2.05, 4.69) is 15.9 Å². The van der Waals surface area contributed by atoms with Crippen molar-refractivity contribution in [3.05, 3.63) is 28.0 Å². The van der Waals surface area contributed by atoms with Gasteiger partial charge in [0.1, 0.15) is 5.69 Å². The number of anilines is 1. The molecule has 0 radical (unpaired) electrons. The summed E-state index contributed by atoms with van der Waals surface area (Å²) in [5, 5.41) is 0. The highest BCUT2D eigenvalue weighted by Crippen LogP contribution is 2.25. The lowest BCUT2D eigenvalue weighted by Gasteiger charge is -2.00. The second kappa shape index (κ2) is 2.73. The lowest BCUT2D eigenvalue weighted by molar-refractivity contribution is 0.498. The van der Waals surface area contributed by atoms with E-state index in [0.29, 0.717) is 6.07 Å². The van der Waals surface area contributed by atoms with Crippen LogP contribution in [-0.4, -0.2) is 0 Å². The van der Waals surface area contributed by atoms with Crippen LogP contribution in [0.2, 0.25) is 0 Å². The Hall–Kier alpha value is -0.710. The molecule has 0 saturated carbocycles. The van der Waals surface area contributed by atoms with Gasteiger partial charge in [-0.1, -0.05) is 0 Å². The molecule has 5 heteroatoms. The molecule has 0 bridgehead atoms. The summed E-state index contributed by atoms with van der Waals surface area (Å²) in [7, 11) is 0. The van der Waals surface area contributed by atoms with E-state index in [9.17, 15) is 13.2 Å². The Morgan fingerprint density at radius 3 is 2.27 bits per heavy atom. The number of hydrogen-bond acceptors (Lipinski definition) is 1. The fraction of sp³-hybridized carbons (Fsp3) is 0. The van der Waals surface area contributed by atoms with Gasteiger partial charge in [-0.3, -0.25) is 0 Å². The molecule has 0 aliphatic rings. The minimum Gasteiger partial charge on any atom is -0.394 e. The molecule has 0 heterocycles. The third-order valence-corrected chi connectivity index (χ3v) is 1.72. The van der Waals surface area contributed by atoms with Gasteiger partial charge in [0.25, 0.3) is 0 Å². The quantitative estimate of drug-likeness (QED) is 0.533. The number of rotatable bonds is 0. The normalized spacial score (nSPS) is 10.2. The van der Waals surface area contributed by atoms with E-state index < -0.39 is 23.1 Å². The Labute approximate surface area is 69.1 Å². The molecule has 1 aromatic rings. The van der Waals surface area contributed by atoms with Gasteiger partial charge in [0.05, 0.1) is 4.47 Å². The van der Waals surface area contributed by atoms with E-state index >= 15 is 0 Å². The van der Waals surface area contributed by atoms with Crippen LogP contribution in [0, 0.1) is 17.5 Å². The van der Waals surface area contributed by atoms with Crippen LogP contribution in [0.5, 0.6) is 0 Å². The zero-order valence-electron chi connectivity index (χ0n) is 5.17. The van der Waals surface area contributed by atoms with Gasteiger partial charge in [-0.15, -0.1) is 0 Å². The maximum atomic E-state index is 12.6. The summed E-state index contributed by atoms with van der Waals surface area (Å²) in [5.41, 5.74) is 4.06. The molecule has 0 saturated heterocycles. The fourth-order valence-corrected chi connectivity index (χ4v) is 1.01. The Balaban J connectivity index is 3.46. The number of hydrogen-bond donors (Lipinski definition) is 1. The summed E-state index contributed by atoms with van der Waals surface area (Å²) in [5.74, 6) is -3.51. The SMILES string of the molecule is Nc1c(F)c(F)cc(Br)c1F. The molecule has 0 aliphatic carbocycles. The van der Waals surface area contributed by atoms with Gasteiger partial charge >= 0.3 is 0 Å². The zero-order chi connectivity index (χ0) is 8.59. The Morgan fingerprint density at radius 1 is 1.18 bits per heavy atom. The van der Waals surface area contributed by atoms with Crippen molar-refractivity contribution in [2.45, 2.75) is 0 Å². The first-order chi connectivity index (χ1) is 5.04. The van der Waals surface area contributed by atoms with E-state index in [1.165, 1.54) is 0 Å². The van der Waals surface area contributed by atoms with Crippen molar-refractivity contribution in [1.82, 2.24) is 0 Å². The molecule has 1 rings (SSSR count). The molecule has 0 unspecified atom stereocenters. The Kier molecular flexibility index (Phi) is 2.08. The maximum absolute atomic E-state index is 12.6. The standard InChI is InChI=1S/C6H3BrF3N/c7-2-1-3(8)5(10)6(11)4(2)9/h1H,11H2. The van der Waals surface area contributed by atoms with Gasteiger partial charge in [-0.2, -0.15) is 0 Å². The van der Waals surface area contributed by atoms with Crippen molar-refractivity contribution < 1.29 is 13.2 Å². The molecule has 1 nitrogen and oxygen atoms in total. The summed E-state index contributed by atoms with van der Waals surface area (Å²) >= 11 is 2.67. The van der Waals surface area contributed by atoms with E-state index in [1.54, 1.807) is 0 Å². The molecule has 0 aliphatic heterocycles. The number of nitrogen functional groups attached to an aromatic ring is 1. The molecule has 0 spiro atoms. The molecule has 60 valence electrons. The first-order valence-corrected chi connectivity index (χ1v) is 3.41. The molecule has 0 fully saturated rings. The average Bonchev–Trinajstić information content (AvgIpc) is 1.97. The maximum Gasteiger partial charge on any atom is 0.184 e. The summed E-state index contributed by atoms with van der Waals surface area (Å²) in [6, 6.07) is 0.682. The highest BCUT2D eigenvalue weighted by Gasteiger charge is 2.13. The predicted octanol–water partition coefficient (Wildman–Crippen LogP) is 2.45. The molecule has 11 heavy (non-hydrogen) atoms. The largest absolute Gasteiger partial charge is 0.394 e. The second-order valence-electron chi connectivity index (χ2n) is 1.88. The van der Waals surface area contributed by atoms with Gasteiger partial charge in [-0.05, 0) is 22.0 Å². The van der Waals surface area contributed by atoms with Crippen molar-refractivity contribution in [3.63, 3.8) is 0 Å². The third kappa shape index (κ3) is 1.33. The lowest BCUT2D eigenvalue weighted by Crippen LogP contribution is -1.99. The van der Waals surface area contributed by atoms with Gasteiger partial charge in [-0.25, -0.2) is 13.2 Å². The predicted molar refractivity (Wildman–Crippen MR) is 38.4 cm³/mol. The first kappa shape index (κ1) is 8.39. The molecule has 0 aromatic heterocycles. The van der Waals surface area contributed by atoms with E-state index in [-0.39, 0.29) is 4.47 Å². The Morgan fingerprint density at radius 2 is 1.73 bits per heavy atom. The summed E-state index contributed by atoms with van der Waals surface area (Å²) in [6.07, 6.45) is 0. The molecule has 0 amide bonds. The van der Waals surface area contributed by atoms with Crippen LogP contribution in [0.25, 0.3) is 0 Å². The van der Waals surface area contributed by atoms with Crippen molar-refractivity contribution in [1.29, 1.82) is 0 Å². The van der Waals surface area contributed by atoms with Crippen LogP contribution in [-0.2, 0) is 0 Å². The Bertz CT molecular complexity index is 274. The summed E-state index contributed by atoms with van der Waals surface area (Å²) in [4.78, 5) is 0. The van der Waals surface area contributed by atoms with Crippen molar-refractivity contribution >= 4 is 21.6 Å². The van der Waals surface area contributed by atoms with Gasteiger partial charge < -0.3 is 5.73 Å². The van der Waals surface area contributed by atoms with Gasteiger partial charge in [0.2, 0.25) is 0 Å². The third-order valence-electron chi connectivity index (χ3n) is 1.15. The molecular formula is C6H3BrF3N. The van der Waals surface area contributed by atoms with Gasteiger partial charge in [0.15, 0.2) is 17.5 Å². The van der Waals surface area contributed by atoms with E-state index in [1.807, 2.05) is 0 Å². The second-order valence-corrected chi connectivity index (χ2v) is 2.74. The summed E-state index contributed by atoms with van der Waals surface area (Å²) < 4.78 is 37.2. The summed E-state index contributed by atoms with van der Waals surface area (Å²) in [6.45, 7) is 0. The van der Waals surface area contributed by atoms with Crippen LogP contribution in [0.1, 0.15) is 0 Å². The lowest BCUT2D eigenvalue weighted by atomic mass is 10.3. The van der Waals surface area contributed by atoms with Crippen LogP contribution in [0.15, 0.2) is 10.5 Å². The number of nitrogens with two attached hydrogens (primary N) is 1. The monoisotopic (exact) mass is 225 g/mol. The van der Waals surface area contributed by atoms with Gasteiger partial charge in [0, 0.05) is 0 Å². The molecule has 2 N–H and O–H groups in total. The van der Waals surface area contributed by atoms with Crippen LogP contribution in [0.4, 0.5) is 18.9 Å². The van der Waals surface area contributed by atoms with Crippen LogP contribution < -0.4 is 5.73 Å². The highest BCUT2D eigenvalue weighted by molar-refractivity contribution is 9.10. The average molecular weight is 226 g/mol. The van der Waals surface area contributed by atoms with Crippen LogP contribution >= 0.6 is 15.9 Å². The highest BCUT2D eigenvalue weighted by atomic mass is 79.9. The topological polar surface area (TPSA) is 26.0 Å². The molecular weight excluding hydrogens is 223 g/mol. The fourth-order valence-electron chi connectivity index (χ4n) is 0.592. The van der Waals surface area contributed by atoms with Crippen LogP contribution in [0.3, 0.4) is 0 Å². The van der Waals surface area contributed by atoms with Crippen molar-refractivity contribution in [2.75, 3.05) is 5.73 Å². The number of halogens is 4. The number of benzene rings is 1. The minimum absolute atomic E-state index is 0.186. The smallest absolute Gasteiger partial charge is 0.184 e.